The summed E-state index contributed by atoms with van der Waals surface area (Å²) >= 11 is 0. The summed E-state index contributed by atoms with van der Waals surface area (Å²) in [6.45, 7) is 5.10. The Morgan fingerprint density at radius 3 is 2.52 bits per heavy atom. The molecule has 0 bridgehead atoms. The van der Waals surface area contributed by atoms with Crippen LogP contribution in [-0.4, -0.2) is 53.3 Å². The predicted octanol–water partition coefficient (Wildman–Crippen LogP) is 2.45. The van der Waals surface area contributed by atoms with Crippen LogP contribution in [0.4, 0.5) is 5.69 Å². The highest BCUT2D eigenvalue weighted by Crippen LogP contribution is 2.39. The topological polar surface area (TPSA) is 85.0 Å². The highest BCUT2D eigenvalue weighted by atomic mass is 32.2. The Balaban J connectivity index is 1.92. The van der Waals surface area contributed by atoms with Crippen LogP contribution < -0.4 is 10.2 Å². The number of aryl methyl sites for hydroxylation is 1. The van der Waals surface area contributed by atoms with Crippen molar-refractivity contribution < 1.29 is 8.42 Å². The molecule has 4 aromatic rings. The Morgan fingerprint density at radius 2 is 1.85 bits per heavy atom. The molecular weight excluding hydrogens is 436 g/mol. The molecule has 1 aliphatic rings. The number of fused-ring (bicyclic) bond motifs is 1. The van der Waals surface area contributed by atoms with Crippen LogP contribution in [0.25, 0.3) is 22.3 Å². The molecule has 3 aromatic heterocycles. The maximum atomic E-state index is 14.0. The molecular formula is C24H24N6O2S. The number of hydrogen-bond acceptors (Lipinski definition) is 6. The van der Waals surface area contributed by atoms with Gasteiger partial charge in [0, 0.05) is 51.2 Å². The zero-order valence-electron chi connectivity index (χ0n) is 18.5. The van der Waals surface area contributed by atoms with Crippen LogP contribution in [0.1, 0.15) is 12.5 Å². The monoisotopic (exact) mass is 460 g/mol. The van der Waals surface area contributed by atoms with E-state index >= 15 is 0 Å². The number of piperazine rings is 1. The van der Waals surface area contributed by atoms with Crippen LogP contribution in [0.3, 0.4) is 0 Å². The van der Waals surface area contributed by atoms with Gasteiger partial charge in [-0.25, -0.2) is 17.4 Å². The first-order chi connectivity index (χ1) is 16.0. The molecule has 5 rings (SSSR count). The fraction of sp³-hybridized carbons (Fsp3) is 0.250. The van der Waals surface area contributed by atoms with Crippen LogP contribution in [-0.2, 0) is 17.1 Å². The molecule has 8 nitrogen and oxygen atoms in total. The van der Waals surface area contributed by atoms with E-state index in [1.807, 2.05) is 6.07 Å². The van der Waals surface area contributed by atoms with E-state index in [0.717, 1.165) is 37.3 Å². The zero-order valence-corrected chi connectivity index (χ0v) is 19.3. The van der Waals surface area contributed by atoms with Crippen molar-refractivity contribution >= 4 is 26.7 Å². The minimum atomic E-state index is -3.96. The molecule has 0 radical (unpaired) electrons. The lowest BCUT2D eigenvalue weighted by Crippen LogP contribution is -2.43. The van der Waals surface area contributed by atoms with E-state index in [1.165, 1.54) is 3.97 Å². The fourth-order valence-electron chi connectivity index (χ4n) is 4.31. The lowest BCUT2D eigenvalue weighted by Gasteiger charge is -2.30. The second-order valence-corrected chi connectivity index (χ2v) is 9.64. The number of pyridine rings is 1. The standard InChI is InChI=1S/C24H24N6O2S/c1-3-7-20-22-21(29-14-12-25-13-15-29)10-11-26-24(22)30(23(20)18-16-27-28(2)17-18)33(31,32)19-8-5-4-6-9-19/h4-6,8-11,16-17,25H,12-15H2,1-2H3. The van der Waals surface area contributed by atoms with Crippen molar-refractivity contribution in [1.29, 1.82) is 0 Å². The first kappa shape index (κ1) is 21.2. The van der Waals surface area contributed by atoms with Crippen molar-refractivity contribution in [3.63, 3.8) is 0 Å². The van der Waals surface area contributed by atoms with E-state index in [9.17, 15) is 8.42 Å². The molecule has 1 aromatic carbocycles. The van der Waals surface area contributed by atoms with Crippen molar-refractivity contribution in [2.24, 2.45) is 7.05 Å². The third-order valence-electron chi connectivity index (χ3n) is 5.76. The molecule has 0 amide bonds. The van der Waals surface area contributed by atoms with Crippen LogP contribution in [0.5, 0.6) is 0 Å². The SMILES string of the molecule is CC#Cc1c(-c2cnn(C)c2)n(S(=O)(=O)c2ccccc2)c2nccc(N3CCNCC3)c12. The molecule has 0 atom stereocenters. The van der Waals surface area contributed by atoms with E-state index in [0.29, 0.717) is 22.5 Å². The van der Waals surface area contributed by atoms with Crippen molar-refractivity contribution in [2.75, 3.05) is 31.1 Å². The van der Waals surface area contributed by atoms with Gasteiger partial charge in [-0.2, -0.15) is 5.10 Å². The number of benzene rings is 1. The zero-order chi connectivity index (χ0) is 23.0. The van der Waals surface area contributed by atoms with Crippen LogP contribution >= 0.6 is 0 Å². The Labute approximate surface area is 192 Å². The van der Waals surface area contributed by atoms with Crippen LogP contribution in [0.2, 0.25) is 0 Å². The minimum Gasteiger partial charge on any atom is -0.368 e. The summed E-state index contributed by atoms with van der Waals surface area (Å²) in [5.41, 5.74) is 3.09. The third-order valence-corrected chi connectivity index (χ3v) is 7.46. The van der Waals surface area contributed by atoms with Crippen molar-refractivity contribution in [3.05, 3.63) is 60.6 Å². The Bertz CT molecular complexity index is 1490. The maximum absolute atomic E-state index is 14.0. The van der Waals surface area contributed by atoms with Crippen molar-refractivity contribution in [1.82, 2.24) is 24.1 Å². The Kier molecular flexibility index (Phi) is 5.40. The highest BCUT2D eigenvalue weighted by Gasteiger charge is 2.31. The molecule has 0 saturated carbocycles. The minimum absolute atomic E-state index is 0.192. The van der Waals surface area contributed by atoms with E-state index in [2.05, 4.69) is 32.1 Å². The Hall–Kier alpha value is -3.61. The number of anilines is 1. The van der Waals surface area contributed by atoms with Gasteiger partial charge >= 0.3 is 0 Å². The number of hydrogen-bond donors (Lipinski definition) is 1. The molecule has 0 aliphatic carbocycles. The van der Waals surface area contributed by atoms with Gasteiger partial charge in [-0.15, -0.1) is 5.92 Å². The molecule has 1 aliphatic heterocycles. The summed E-state index contributed by atoms with van der Waals surface area (Å²) in [5, 5.41) is 8.40. The van der Waals surface area contributed by atoms with Gasteiger partial charge in [-0.1, -0.05) is 24.1 Å². The first-order valence-electron chi connectivity index (χ1n) is 10.7. The van der Waals surface area contributed by atoms with Gasteiger partial charge in [0.05, 0.1) is 33.4 Å². The van der Waals surface area contributed by atoms with Crippen LogP contribution in [0.15, 0.2) is 59.9 Å². The lowest BCUT2D eigenvalue weighted by atomic mass is 10.1. The first-order valence-corrected chi connectivity index (χ1v) is 12.2. The van der Waals surface area contributed by atoms with Gasteiger partial charge in [0.1, 0.15) is 0 Å². The van der Waals surface area contributed by atoms with Gasteiger partial charge in [0.2, 0.25) is 0 Å². The van der Waals surface area contributed by atoms with Crippen LogP contribution in [0, 0.1) is 11.8 Å². The molecule has 168 valence electrons. The summed E-state index contributed by atoms with van der Waals surface area (Å²) in [5.74, 6) is 6.18. The predicted molar refractivity (Wildman–Crippen MR) is 129 cm³/mol. The quantitative estimate of drug-likeness (QED) is 0.471. The molecule has 0 unspecified atom stereocenters. The van der Waals surface area contributed by atoms with Crippen molar-refractivity contribution in [2.45, 2.75) is 11.8 Å². The summed E-state index contributed by atoms with van der Waals surface area (Å²) < 4.78 is 30.9. The molecule has 1 saturated heterocycles. The average molecular weight is 461 g/mol. The number of aromatic nitrogens is 4. The second-order valence-electron chi connectivity index (χ2n) is 7.85. The molecule has 9 heteroatoms. The van der Waals surface area contributed by atoms with E-state index < -0.39 is 10.0 Å². The molecule has 0 spiro atoms. The van der Waals surface area contributed by atoms with Gasteiger partial charge in [0.25, 0.3) is 10.0 Å². The highest BCUT2D eigenvalue weighted by molar-refractivity contribution is 7.90. The lowest BCUT2D eigenvalue weighted by molar-refractivity contribution is 0.588. The normalized spacial score (nSPS) is 14.3. The Morgan fingerprint density at radius 1 is 1.09 bits per heavy atom. The van der Waals surface area contributed by atoms with Gasteiger partial charge < -0.3 is 10.2 Å². The summed E-state index contributed by atoms with van der Waals surface area (Å²) in [6.07, 6.45) is 5.14. The number of nitrogens with zero attached hydrogens (tertiary/aromatic N) is 5. The summed E-state index contributed by atoms with van der Waals surface area (Å²) in [7, 11) is -2.16. The van der Waals surface area contributed by atoms with Gasteiger partial charge in [-0.05, 0) is 25.1 Å². The largest absolute Gasteiger partial charge is 0.368 e. The smallest absolute Gasteiger partial charge is 0.269 e. The van der Waals surface area contributed by atoms with E-state index in [-0.39, 0.29) is 4.90 Å². The number of rotatable bonds is 4. The number of nitrogens with one attached hydrogen (secondary N) is 1. The van der Waals surface area contributed by atoms with Gasteiger partial charge in [0.15, 0.2) is 5.65 Å². The average Bonchev–Trinajstić information content (AvgIpc) is 3.42. The molecule has 4 heterocycles. The van der Waals surface area contributed by atoms with E-state index in [1.54, 1.807) is 67.6 Å². The second kappa shape index (κ2) is 8.39. The van der Waals surface area contributed by atoms with Crippen molar-refractivity contribution in [3.8, 4) is 23.1 Å². The maximum Gasteiger partial charge on any atom is 0.269 e. The van der Waals surface area contributed by atoms with E-state index in [4.69, 9.17) is 0 Å². The third kappa shape index (κ3) is 3.57. The molecule has 1 fully saturated rings. The molecule has 33 heavy (non-hydrogen) atoms. The summed E-state index contributed by atoms with van der Waals surface area (Å²) in [4.78, 5) is 7.02. The van der Waals surface area contributed by atoms with Gasteiger partial charge in [-0.3, -0.25) is 4.68 Å². The molecule has 1 N–H and O–H groups in total. The fourth-order valence-corrected chi connectivity index (χ4v) is 5.83. The summed E-state index contributed by atoms with van der Waals surface area (Å²) in [6, 6.07) is 10.4.